The molecule has 0 aliphatic heterocycles. The first kappa shape index (κ1) is 11.0. The van der Waals surface area contributed by atoms with Gasteiger partial charge in [0, 0.05) is 0 Å². The minimum Gasteiger partial charge on any atom is -0.393 e. The van der Waals surface area contributed by atoms with Crippen LogP contribution in [0.3, 0.4) is 0 Å². The van der Waals surface area contributed by atoms with E-state index in [9.17, 15) is 5.11 Å². The van der Waals surface area contributed by atoms with Crippen molar-refractivity contribution in [2.24, 2.45) is 11.3 Å². The van der Waals surface area contributed by atoms with Gasteiger partial charge in [0.1, 0.15) is 0 Å². The van der Waals surface area contributed by atoms with Crippen molar-refractivity contribution in [3.05, 3.63) is 0 Å². The molecular formula is C12H24O. The van der Waals surface area contributed by atoms with Gasteiger partial charge in [-0.2, -0.15) is 0 Å². The Morgan fingerprint density at radius 2 is 1.69 bits per heavy atom. The highest BCUT2D eigenvalue weighted by molar-refractivity contribution is 4.86. The van der Waals surface area contributed by atoms with Gasteiger partial charge in [-0.3, -0.25) is 0 Å². The minimum atomic E-state index is -0.0580. The van der Waals surface area contributed by atoms with Crippen LogP contribution in [-0.4, -0.2) is 11.2 Å². The molecule has 1 fully saturated rings. The average Bonchev–Trinajstić information content (AvgIpc) is 2.49. The molecule has 0 amide bonds. The van der Waals surface area contributed by atoms with Gasteiger partial charge in [0.25, 0.3) is 0 Å². The summed E-state index contributed by atoms with van der Waals surface area (Å²) in [5, 5.41) is 10.1. The normalized spacial score (nSPS) is 23.8. The molecule has 1 aliphatic rings. The zero-order chi connectivity index (χ0) is 9.90. The minimum absolute atomic E-state index is 0.0580. The number of aliphatic hydroxyl groups excluding tert-OH is 1. The molecule has 1 atom stereocenters. The maximum atomic E-state index is 10.1. The Labute approximate surface area is 82.5 Å². The maximum absolute atomic E-state index is 10.1. The summed E-state index contributed by atoms with van der Waals surface area (Å²) in [6.45, 7) is 6.71. The van der Waals surface area contributed by atoms with Gasteiger partial charge >= 0.3 is 0 Å². The molecule has 0 aromatic carbocycles. The molecule has 0 aromatic heterocycles. The van der Waals surface area contributed by atoms with Crippen LogP contribution in [0.2, 0.25) is 0 Å². The summed E-state index contributed by atoms with van der Waals surface area (Å²) in [6, 6.07) is 0. The number of aliphatic hydroxyl groups is 1. The number of rotatable bonds is 4. The molecular weight excluding hydrogens is 160 g/mol. The molecule has 1 unspecified atom stereocenters. The van der Waals surface area contributed by atoms with Crippen molar-refractivity contribution in [3.8, 4) is 0 Å². The molecule has 1 rings (SSSR count). The third-order valence-corrected chi connectivity index (χ3v) is 3.57. The van der Waals surface area contributed by atoms with Crippen LogP contribution in [0.15, 0.2) is 0 Å². The molecule has 0 aromatic rings. The SMILES string of the molecule is CC(C)CCC(O)C1(C)CCCC1. The van der Waals surface area contributed by atoms with Gasteiger partial charge in [-0.05, 0) is 37.0 Å². The summed E-state index contributed by atoms with van der Waals surface area (Å²) in [7, 11) is 0. The van der Waals surface area contributed by atoms with Crippen molar-refractivity contribution in [2.45, 2.75) is 65.4 Å². The van der Waals surface area contributed by atoms with Gasteiger partial charge in [0.05, 0.1) is 6.10 Å². The van der Waals surface area contributed by atoms with Gasteiger partial charge in [-0.25, -0.2) is 0 Å². The third kappa shape index (κ3) is 2.98. The average molecular weight is 184 g/mol. The molecule has 1 heteroatoms. The van der Waals surface area contributed by atoms with Crippen LogP contribution < -0.4 is 0 Å². The molecule has 0 heterocycles. The van der Waals surface area contributed by atoms with Crippen molar-refractivity contribution < 1.29 is 5.11 Å². The Bertz CT molecular complexity index is 145. The topological polar surface area (TPSA) is 20.2 Å². The highest BCUT2D eigenvalue weighted by atomic mass is 16.3. The zero-order valence-corrected chi connectivity index (χ0v) is 9.34. The quantitative estimate of drug-likeness (QED) is 0.710. The smallest absolute Gasteiger partial charge is 0.0593 e. The highest BCUT2D eigenvalue weighted by Gasteiger charge is 2.35. The van der Waals surface area contributed by atoms with Crippen LogP contribution in [0, 0.1) is 11.3 Å². The molecule has 0 saturated heterocycles. The van der Waals surface area contributed by atoms with Crippen LogP contribution in [0.1, 0.15) is 59.3 Å². The second-order valence-electron chi connectivity index (χ2n) is 5.35. The molecule has 1 saturated carbocycles. The van der Waals surface area contributed by atoms with Crippen LogP contribution in [-0.2, 0) is 0 Å². The first-order valence-corrected chi connectivity index (χ1v) is 5.73. The Morgan fingerprint density at radius 1 is 1.15 bits per heavy atom. The van der Waals surface area contributed by atoms with E-state index < -0.39 is 0 Å². The van der Waals surface area contributed by atoms with Crippen LogP contribution in [0.4, 0.5) is 0 Å². The lowest BCUT2D eigenvalue weighted by Crippen LogP contribution is -2.29. The highest BCUT2D eigenvalue weighted by Crippen LogP contribution is 2.42. The molecule has 1 aliphatic carbocycles. The first-order chi connectivity index (χ1) is 6.04. The fraction of sp³-hybridized carbons (Fsp3) is 1.00. The fourth-order valence-corrected chi connectivity index (χ4v) is 2.36. The van der Waals surface area contributed by atoms with E-state index in [0.717, 1.165) is 18.8 Å². The van der Waals surface area contributed by atoms with Gasteiger partial charge < -0.3 is 5.11 Å². The van der Waals surface area contributed by atoms with E-state index in [1.54, 1.807) is 0 Å². The van der Waals surface area contributed by atoms with E-state index in [1.807, 2.05) is 0 Å². The predicted molar refractivity (Wildman–Crippen MR) is 56.7 cm³/mol. The van der Waals surface area contributed by atoms with E-state index in [0.29, 0.717) is 0 Å². The fourth-order valence-electron chi connectivity index (χ4n) is 2.36. The molecule has 1 nitrogen and oxygen atoms in total. The Morgan fingerprint density at radius 3 is 2.15 bits per heavy atom. The summed E-state index contributed by atoms with van der Waals surface area (Å²) in [5.74, 6) is 0.722. The van der Waals surface area contributed by atoms with E-state index in [-0.39, 0.29) is 11.5 Å². The van der Waals surface area contributed by atoms with E-state index >= 15 is 0 Å². The summed E-state index contributed by atoms with van der Waals surface area (Å²) < 4.78 is 0. The molecule has 0 spiro atoms. The van der Waals surface area contributed by atoms with E-state index in [1.165, 1.54) is 25.7 Å². The monoisotopic (exact) mass is 184 g/mol. The largest absolute Gasteiger partial charge is 0.393 e. The van der Waals surface area contributed by atoms with E-state index in [4.69, 9.17) is 0 Å². The maximum Gasteiger partial charge on any atom is 0.0593 e. The summed E-state index contributed by atoms with van der Waals surface area (Å²) in [5.41, 5.74) is 0.245. The molecule has 13 heavy (non-hydrogen) atoms. The Hall–Kier alpha value is -0.0400. The first-order valence-electron chi connectivity index (χ1n) is 5.73. The van der Waals surface area contributed by atoms with Gasteiger partial charge in [-0.1, -0.05) is 33.6 Å². The number of hydrogen-bond acceptors (Lipinski definition) is 1. The van der Waals surface area contributed by atoms with Gasteiger partial charge in [0.2, 0.25) is 0 Å². The summed E-state index contributed by atoms with van der Waals surface area (Å²) in [6.07, 6.45) is 7.19. The summed E-state index contributed by atoms with van der Waals surface area (Å²) in [4.78, 5) is 0. The second kappa shape index (κ2) is 4.45. The van der Waals surface area contributed by atoms with Gasteiger partial charge in [-0.15, -0.1) is 0 Å². The Kier molecular flexibility index (Phi) is 3.78. The third-order valence-electron chi connectivity index (χ3n) is 3.57. The molecule has 1 N–H and O–H groups in total. The second-order valence-corrected chi connectivity index (χ2v) is 5.35. The lowest BCUT2D eigenvalue weighted by atomic mass is 9.80. The van der Waals surface area contributed by atoms with Gasteiger partial charge in [0.15, 0.2) is 0 Å². The lowest BCUT2D eigenvalue weighted by molar-refractivity contribution is 0.0310. The van der Waals surface area contributed by atoms with Crippen molar-refractivity contribution in [2.75, 3.05) is 0 Å². The van der Waals surface area contributed by atoms with Crippen LogP contribution in [0.5, 0.6) is 0 Å². The lowest BCUT2D eigenvalue weighted by Gasteiger charge is -2.30. The molecule has 0 bridgehead atoms. The van der Waals surface area contributed by atoms with E-state index in [2.05, 4.69) is 20.8 Å². The van der Waals surface area contributed by atoms with Crippen molar-refractivity contribution in [1.29, 1.82) is 0 Å². The molecule has 0 radical (unpaired) electrons. The van der Waals surface area contributed by atoms with Crippen LogP contribution in [0.25, 0.3) is 0 Å². The number of hydrogen-bond donors (Lipinski definition) is 1. The molecule has 78 valence electrons. The zero-order valence-electron chi connectivity index (χ0n) is 9.34. The van der Waals surface area contributed by atoms with Crippen molar-refractivity contribution in [1.82, 2.24) is 0 Å². The van der Waals surface area contributed by atoms with Crippen LogP contribution >= 0.6 is 0 Å². The van der Waals surface area contributed by atoms with Crippen molar-refractivity contribution in [3.63, 3.8) is 0 Å². The standard InChI is InChI=1S/C12H24O/c1-10(2)6-7-11(13)12(3)8-4-5-9-12/h10-11,13H,4-9H2,1-3H3. The predicted octanol–water partition coefficient (Wildman–Crippen LogP) is 3.36. The summed E-state index contributed by atoms with van der Waals surface area (Å²) >= 11 is 0. The Balaban J connectivity index is 2.33. The van der Waals surface area contributed by atoms with Crippen molar-refractivity contribution >= 4 is 0 Å².